The maximum absolute atomic E-state index is 5.52. The SMILES string of the molecule is CCC=COCC[Si](OC)(OC)OCC. The highest BCUT2D eigenvalue weighted by atomic mass is 28.4. The van der Waals surface area contributed by atoms with E-state index in [-0.39, 0.29) is 0 Å². The van der Waals surface area contributed by atoms with Crippen LogP contribution in [-0.2, 0) is 18.0 Å². The van der Waals surface area contributed by atoms with Crippen LogP contribution in [0.4, 0.5) is 0 Å². The Bertz CT molecular complexity index is 169. The van der Waals surface area contributed by atoms with Crippen molar-refractivity contribution in [3.8, 4) is 0 Å². The van der Waals surface area contributed by atoms with Crippen LogP contribution in [0.5, 0.6) is 0 Å². The van der Waals surface area contributed by atoms with Crippen molar-refractivity contribution in [3.05, 3.63) is 12.3 Å². The van der Waals surface area contributed by atoms with E-state index in [9.17, 15) is 0 Å². The van der Waals surface area contributed by atoms with Gasteiger partial charge in [-0.3, -0.25) is 0 Å². The molecule has 0 heterocycles. The second-order valence-corrected chi connectivity index (χ2v) is 5.90. The van der Waals surface area contributed by atoms with Gasteiger partial charge in [-0.1, -0.05) is 13.0 Å². The van der Waals surface area contributed by atoms with E-state index in [0.29, 0.717) is 19.3 Å². The topological polar surface area (TPSA) is 36.9 Å². The maximum atomic E-state index is 5.52. The number of allylic oxidation sites excluding steroid dienone is 1. The number of ether oxygens (including phenoxy) is 1. The fourth-order valence-electron chi connectivity index (χ4n) is 1.11. The summed E-state index contributed by atoms with van der Waals surface area (Å²) in [7, 11) is 0.774. The second-order valence-electron chi connectivity index (χ2n) is 2.93. The van der Waals surface area contributed by atoms with Crippen LogP contribution in [0.3, 0.4) is 0 Å². The molecule has 0 rings (SSSR count). The molecule has 0 atom stereocenters. The average Bonchev–Trinajstić information content (AvgIpc) is 2.27. The van der Waals surface area contributed by atoms with Gasteiger partial charge in [0, 0.05) is 20.8 Å². The van der Waals surface area contributed by atoms with Gasteiger partial charge < -0.3 is 18.0 Å². The lowest BCUT2D eigenvalue weighted by Crippen LogP contribution is -2.44. The first-order valence-corrected chi connectivity index (χ1v) is 7.18. The van der Waals surface area contributed by atoms with E-state index >= 15 is 0 Å². The lowest BCUT2D eigenvalue weighted by Gasteiger charge is -2.25. The van der Waals surface area contributed by atoms with Gasteiger partial charge in [-0.05, 0) is 13.3 Å². The molecule has 0 aromatic rings. The molecule has 0 fully saturated rings. The van der Waals surface area contributed by atoms with Gasteiger partial charge in [-0.25, -0.2) is 0 Å². The molecule has 0 saturated heterocycles. The van der Waals surface area contributed by atoms with Crippen LogP contribution in [0.2, 0.25) is 6.04 Å². The third-order valence-electron chi connectivity index (χ3n) is 1.94. The summed E-state index contributed by atoms with van der Waals surface area (Å²) >= 11 is 0. The lowest BCUT2D eigenvalue weighted by molar-refractivity contribution is 0.0959. The molecule has 0 radical (unpaired) electrons. The van der Waals surface area contributed by atoms with Crippen molar-refractivity contribution in [2.45, 2.75) is 26.3 Å². The zero-order valence-electron chi connectivity index (χ0n) is 10.1. The molecule has 4 nitrogen and oxygen atoms in total. The van der Waals surface area contributed by atoms with Gasteiger partial charge in [0.2, 0.25) is 0 Å². The summed E-state index contributed by atoms with van der Waals surface area (Å²) in [6, 6.07) is 0.669. The minimum Gasteiger partial charge on any atom is -0.502 e. The van der Waals surface area contributed by atoms with Gasteiger partial charge in [-0.2, -0.15) is 0 Å². The lowest BCUT2D eigenvalue weighted by atomic mass is 10.5. The highest BCUT2D eigenvalue weighted by Crippen LogP contribution is 2.13. The van der Waals surface area contributed by atoms with Crippen molar-refractivity contribution in [1.82, 2.24) is 0 Å². The van der Waals surface area contributed by atoms with Gasteiger partial charge in [0.25, 0.3) is 0 Å². The molecule has 0 unspecified atom stereocenters. The molecule has 0 aliphatic rings. The molecule has 0 bridgehead atoms. The Kier molecular flexibility index (Phi) is 8.69. The smallest absolute Gasteiger partial charge is 0.502 e. The summed E-state index contributed by atoms with van der Waals surface area (Å²) < 4.78 is 21.5. The highest BCUT2D eigenvalue weighted by molar-refractivity contribution is 6.60. The predicted octanol–water partition coefficient (Wildman–Crippen LogP) is 2.19. The summed E-state index contributed by atoms with van der Waals surface area (Å²) in [5.74, 6) is 0. The Morgan fingerprint density at radius 3 is 2.27 bits per heavy atom. The van der Waals surface area contributed by atoms with Gasteiger partial charge in [-0.15, -0.1) is 0 Å². The molecule has 0 aromatic carbocycles. The van der Waals surface area contributed by atoms with Crippen molar-refractivity contribution < 1.29 is 18.0 Å². The standard InChI is InChI=1S/C10H22O4Si/c1-5-7-8-13-9-10-15(11-3,12-4)14-6-2/h7-8H,5-6,9-10H2,1-4H3. The Morgan fingerprint density at radius 1 is 1.13 bits per heavy atom. The normalized spacial score (nSPS) is 12.3. The van der Waals surface area contributed by atoms with Crippen molar-refractivity contribution in [3.63, 3.8) is 0 Å². The van der Waals surface area contributed by atoms with E-state index in [1.165, 1.54) is 0 Å². The third-order valence-corrected chi connectivity index (χ3v) is 4.73. The number of hydrogen-bond acceptors (Lipinski definition) is 4. The highest BCUT2D eigenvalue weighted by Gasteiger charge is 2.38. The first-order valence-electron chi connectivity index (χ1n) is 5.25. The number of hydrogen-bond donors (Lipinski definition) is 0. The molecule has 0 spiro atoms. The Balaban J connectivity index is 3.89. The van der Waals surface area contributed by atoms with Crippen LogP contribution < -0.4 is 0 Å². The van der Waals surface area contributed by atoms with E-state index in [0.717, 1.165) is 6.42 Å². The molecule has 0 aliphatic heterocycles. The predicted molar refractivity (Wildman–Crippen MR) is 61.6 cm³/mol. The second kappa shape index (κ2) is 8.91. The average molecular weight is 234 g/mol. The minimum atomic E-state index is -2.46. The summed E-state index contributed by atoms with van der Waals surface area (Å²) in [6.07, 6.45) is 4.64. The summed E-state index contributed by atoms with van der Waals surface area (Å²) in [5.41, 5.74) is 0. The quantitative estimate of drug-likeness (QED) is 0.348. The van der Waals surface area contributed by atoms with Gasteiger partial charge in [0.1, 0.15) is 0 Å². The molecule has 0 aliphatic carbocycles. The summed E-state index contributed by atoms with van der Waals surface area (Å²) in [5, 5.41) is 0. The molecule has 15 heavy (non-hydrogen) atoms. The fraction of sp³-hybridized carbons (Fsp3) is 0.800. The van der Waals surface area contributed by atoms with Gasteiger partial charge >= 0.3 is 8.80 Å². The Hall–Kier alpha value is -0.363. The van der Waals surface area contributed by atoms with E-state index in [1.54, 1.807) is 20.5 Å². The van der Waals surface area contributed by atoms with Crippen LogP contribution in [0.15, 0.2) is 12.3 Å². The van der Waals surface area contributed by atoms with E-state index < -0.39 is 8.80 Å². The van der Waals surface area contributed by atoms with Crippen molar-refractivity contribution in [2.24, 2.45) is 0 Å². The van der Waals surface area contributed by atoms with E-state index in [2.05, 4.69) is 6.92 Å². The van der Waals surface area contributed by atoms with E-state index in [4.69, 9.17) is 18.0 Å². The molecule has 5 heteroatoms. The van der Waals surface area contributed by atoms with Crippen molar-refractivity contribution >= 4 is 8.80 Å². The van der Waals surface area contributed by atoms with E-state index in [1.807, 2.05) is 13.0 Å². The molecule has 0 N–H and O–H groups in total. The zero-order chi connectivity index (χ0) is 11.6. The van der Waals surface area contributed by atoms with Gasteiger partial charge in [0.05, 0.1) is 18.9 Å². The zero-order valence-corrected chi connectivity index (χ0v) is 11.1. The van der Waals surface area contributed by atoms with Crippen molar-refractivity contribution in [1.29, 1.82) is 0 Å². The van der Waals surface area contributed by atoms with Crippen LogP contribution in [-0.4, -0.2) is 36.2 Å². The molecule has 90 valence electrons. The largest absolute Gasteiger partial charge is 0.503 e. The summed E-state index contributed by atoms with van der Waals surface area (Å²) in [4.78, 5) is 0. The van der Waals surface area contributed by atoms with Crippen LogP contribution in [0.25, 0.3) is 0 Å². The molecule has 0 saturated carbocycles. The monoisotopic (exact) mass is 234 g/mol. The fourth-order valence-corrected chi connectivity index (χ4v) is 2.88. The van der Waals surface area contributed by atoms with Crippen LogP contribution >= 0.6 is 0 Å². The molecular weight excluding hydrogens is 212 g/mol. The van der Waals surface area contributed by atoms with Crippen LogP contribution in [0, 0.1) is 0 Å². The first kappa shape index (κ1) is 14.6. The first-order chi connectivity index (χ1) is 7.24. The third kappa shape index (κ3) is 5.94. The van der Waals surface area contributed by atoms with Gasteiger partial charge in [0.15, 0.2) is 0 Å². The number of rotatable bonds is 9. The minimum absolute atomic E-state index is 0.560. The molecule has 0 amide bonds. The Morgan fingerprint density at radius 2 is 1.80 bits per heavy atom. The maximum Gasteiger partial charge on any atom is 0.503 e. The van der Waals surface area contributed by atoms with Crippen molar-refractivity contribution in [2.75, 3.05) is 27.4 Å². The Labute approximate surface area is 93.5 Å². The summed E-state index contributed by atoms with van der Waals surface area (Å²) in [6.45, 7) is 5.14. The molecule has 0 aromatic heterocycles. The van der Waals surface area contributed by atoms with Crippen LogP contribution in [0.1, 0.15) is 20.3 Å². The molecular formula is C10H22O4Si.